The van der Waals surface area contributed by atoms with Gasteiger partial charge in [-0.1, -0.05) is 24.3 Å². The summed E-state index contributed by atoms with van der Waals surface area (Å²) in [4.78, 5) is 13.7. The van der Waals surface area contributed by atoms with Gasteiger partial charge in [-0.25, -0.2) is 0 Å². The Bertz CT molecular complexity index is 485. The van der Waals surface area contributed by atoms with Crippen molar-refractivity contribution >= 4 is 11.5 Å². The average molecular weight is 227 g/mol. The molecule has 1 aromatic carbocycles. The molecule has 1 aromatic rings. The molecule has 0 saturated carbocycles. The first-order chi connectivity index (χ1) is 8.20. The van der Waals surface area contributed by atoms with Crippen LogP contribution in [0.3, 0.4) is 0 Å². The number of para-hydroxylation sites is 1. The lowest BCUT2D eigenvalue weighted by atomic mass is 10.1. The predicted molar refractivity (Wildman–Crippen MR) is 71.3 cm³/mol. The predicted octanol–water partition coefficient (Wildman–Crippen LogP) is 3.56. The van der Waals surface area contributed by atoms with E-state index in [1.807, 2.05) is 31.3 Å². The maximum atomic E-state index is 11.6. The highest BCUT2D eigenvalue weighted by Crippen LogP contribution is 2.26. The minimum Gasteiger partial charge on any atom is -0.348 e. The molecule has 2 heteroatoms. The van der Waals surface area contributed by atoms with E-state index >= 15 is 0 Å². The monoisotopic (exact) mass is 227 g/mol. The van der Waals surface area contributed by atoms with Gasteiger partial charge in [0, 0.05) is 18.3 Å². The standard InChI is InChI=1S/C15H17NO/c1-12(17)14-10-6-7-11-15(14)16(2)13-8-4-3-5-9-13/h3-4,6-8,10-11H,5,9H2,1-2H3. The molecule has 17 heavy (non-hydrogen) atoms. The summed E-state index contributed by atoms with van der Waals surface area (Å²) in [6.45, 7) is 1.61. The van der Waals surface area contributed by atoms with Crippen LogP contribution < -0.4 is 4.90 Å². The van der Waals surface area contributed by atoms with E-state index in [-0.39, 0.29) is 5.78 Å². The zero-order valence-corrected chi connectivity index (χ0v) is 10.3. The van der Waals surface area contributed by atoms with Crippen LogP contribution in [0, 0.1) is 0 Å². The van der Waals surface area contributed by atoms with Crippen LogP contribution in [0.2, 0.25) is 0 Å². The van der Waals surface area contributed by atoms with Gasteiger partial charge in [0.05, 0.1) is 5.69 Å². The van der Waals surface area contributed by atoms with E-state index in [1.165, 1.54) is 5.70 Å². The zero-order valence-electron chi connectivity index (χ0n) is 10.3. The van der Waals surface area contributed by atoms with Crippen LogP contribution in [0.4, 0.5) is 5.69 Å². The normalized spacial score (nSPS) is 14.4. The number of carbonyl (C=O) groups excluding carboxylic acids is 1. The van der Waals surface area contributed by atoms with Crippen molar-refractivity contribution in [1.29, 1.82) is 0 Å². The number of hydrogen-bond acceptors (Lipinski definition) is 2. The summed E-state index contributed by atoms with van der Waals surface area (Å²) < 4.78 is 0. The minimum absolute atomic E-state index is 0.111. The van der Waals surface area contributed by atoms with Crippen LogP contribution in [0.15, 0.2) is 48.2 Å². The minimum atomic E-state index is 0.111. The van der Waals surface area contributed by atoms with E-state index in [1.54, 1.807) is 6.92 Å². The fourth-order valence-electron chi connectivity index (χ4n) is 2.09. The molecule has 0 bridgehead atoms. The number of rotatable bonds is 3. The van der Waals surface area contributed by atoms with Gasteiger partial charge in [-0.2, -0.15) is 0 Å². The highest BCUT2D eigenvalue weighted by molar-refractivity contribution is 6.00. The highest BCUT2D eigenvalue weighted by Gasteiger charge is 2.13. The molecule has 1 aliphatic rings. The number of Topliss-reactive ketones (excluding diaryl/α,β-unsaturated/α-hetero) is 1. The maximum absolute atomic E-state index is 11.6. The second-order valence-electron chi connectivity index (χ2n) is 4.26. The molecule has 2 nitrogen and oxygen atoms in total. The SMILES string of the molecule is CC(=O)c1ccccc1N(C)C1=CC=CCC1. The summed E-state index contributed by atoms with van der Waals surface area (Å²) in [6.07, 6.45) is 8.44. The van der Waals surface area contributed by atoms with Crippen molar-refractivity contribution in [2.75, 3.05) is 11.9 Å². The number of anilines is 1. The number of ketones is 1. The van der Waals surface area contributed by atoms with E-state index in [0.717, 1.165) is 24.1 Å². The lowest BCUT2D eigenvalue weighted by molar-refractivity contribution is 0.101. The first-order valence-corrected chi connectivity index (χ1v) is 5.89. The molecule has 0 saturated heterocycles. The molecule has 0 heterocycles. The molecule has 0 atom stereocenters. The third-order valence-electron chi connectivity index (χ3n) is 3.07. The molecule has 2 rings (SSSR count). The summed E-state index contributed by atoms with van der Waals surface area (Å²) in [7, 11) is 2.02. The van der Waals surface area contributed by atoms with Crippen molar-refractivity contribution in [2.45, 2.75) is 19.8 Å². The summed E-state index contributed by atoms with van der Waals surface area (Å²) >= 11 is 0. The Morgan fingerprint density at radius 3 is 2.71 bits per heavy atom. The number of hydrogen-bond donors (Lipinski definition) is 0. The Kier molecular flexibility index (Phi) is 3.43. The number of benzene rings is 1. The lowest BCUT2D eigenvalue weighted by Crippen LogP contribution is -2.19. The Balaban J connectivity index is 2.36. The molecule has 0 spiro atoms. The quantitative estimate of drug-likeness (QED) is 0.736. The average Bonchev–Trinajstić information content (AvgIpc) is 2.39. The second-order valence-corrected chi connectivity index (χ2v) is 4.26. The molecule has 0 radical (unpaired) electrons. The summed E-state index contributed by atoms with van der Waals surface area (Å²) in [5.74, 6) is 0.111. The largest absolute Gasteiger partial charge is 0.348 e. The van der Waals surface area contributed by atoms with Crippen LogP contribution in [0.1, 0.15) is 30.1 Å². The summed E-state index contributed by atoms with van der Waals surface area (Å²) in [5, 5.41) is 0. The van der Waals surface area contributed by atoms with E-state index in [4.69, 9.17) is 0 Å². The van der Waals surface area contributed by atoms with Crippen LogP contribution in [-0.4, -0.2) is 12.8 Å². The van der Waals surface area contributed by atoms with E-state index in [0.29, 0.717) is 0 Å². The third-order valence-corrected chi connectivity index (χ3v) is 3.07. The molecule has 88 valence electrons. The van der Waals surface area contributed by atoms with Crippen molar-refractivity contribution in [3.63, 3.8) is 0 Å². The number of allylic oxidation sites excluding steroid dienone is 4. The third kappa shape index (κ3) is 2.47. The van der Waals surface area contributed by atoms with Crippen LogP contribution >= 0.6 is 0 Å². The highest BCUT2D eigenvalue weighted by atomic mass is 16.1. The zero-order chi connectivity index (χ0) is 12.3. The summed E-state index contributed by atoms with van der Waals surface area (Å²) in [5.41, 5.74) is 3.02. The molecule has 0 amide bonds. The van der Waals surface area contributed by atoms with E-state index in [2.05, 4.69) is 23.1 Å². The molecular formula is C15H17NO. The Morgan fingerprint density at radius 2 is 2.06 bits per heavy atom. The number of nitrogens with zero attached hydrogens (tertiary/aromatic N) is 1. The van der Waals surface area contributed by atoms with Gasteiger partial charge >= 0.3 is 0 Å². The lowest BCUT2D eigenvalue weighted by Gasteiger charge is -2.25. The van der Waals surface area contributed by atoms with E-state index in [9.17, 15) is 4.79 Å². The maximum Gasteiger partial charge on any atom is 0.161 e. The Morgan fingerprint density at radius 1 is 1.29 bits per heavy atom. The molecule has 0 unspecified atom stereocenters. The second kappa shape index (κ2) is 5.00. The molecule has 0 aromatic heterocycles. The molecule has 0 N–H and O–H groups in total. The molecule has 0 aliphatic heterocycles. The van der Waals surface area contributed by atoms with Crippen LogP contribution in [0.25, 0.3) is 0 Å². The van der Waals surface area contributed by atoms with Gasteiger partial charge in [0.2, 0.25) is 0 Å². The van der Waals surface area contributed by atoms with Gasteiger partial charge in [-0.15, -0.1) is 0 Å². The van der Waals surface area contributed by atoms with Gasteiger partial charge < -0.3 is 4.90 Å². The first-order valence-electron chi connectivity index (χ1n) is 5.89. The molecular weight excluding hydrogens is 210 g/mol. The van der Waals surface area contributed by atoms with Gasteiger partial charge in [0.15, 0.2) is 5.78 Å². The van der Waals surface area contributed by atoms with Gasteiger partial charge in [-0.05, 0) is 38.0 Å². The van der Waals surface area contributed by atoms with Crippen molar-refractivity contribution in [2.24, 2.45) is 0 Å². The van der Waals surface area contributed by atoms with Crippen molar-refractivity contribution in [1.82, 2.24) is 0 Å². The first kappa shape index (κ1) is 11.6. The summed E-state index contributed by atoms with van der Waals surface area (Å²) in [6, 6.07) is 7.75. The van der Waals surface area contributed by atoms with Crippen molar-refractivity contribution in [3.05, 3.63) is 53.8 Å². The Labute approximate surface area is 102 Å². The van der Waals surface area contributed by atoms with E-state index < -0.39 is 0 Å². The van der Waals surface area contributed by atoms with Gasteiger partial charge in [0.25, 0.3) is 0 Å². The van der Waals surface area contributed by atoms with Crippen LogP contribution in [0.5, 0.6) is 0 Å². The van der Waals surface area contributed by atoms with Crippen molar-refractivity contribution < 1.29 is 4.79 Å². The fraction of sp³-hybridized carbons (Fsp3) is 0.267. The van der Waals surface area contributed by atoms with Crippen molar-refractivity contribution in [3.8, 4) is 0 Å². The molecule has 0 fully saturated rings. The van der Waals surface area contributed by atoms with Crippen LogP contribution in [-0.2, 0) is 0 Å². The fourth-order valence-corrected chi connectivity index (χ4v) is 2.09. The smallest absolute Gasteiger partial charge is 0.161 e. The number of carbonyl (C=O) groups is 1. The topological polar surface area (TPSA) is 20.3 Å². The van der Waals surface area contributed by atoms with Gasteiger partial charge in [-0.3, -0.25) is 4.79 Å². The molecule has 1 aliphatic carbocycles. The Hall–Kier alpha value is -1.83. The van der Waals surface area contributed by atoms with Gasteiger partial charge in [0.1, 0.15) is 0 Å².